The van der Waals surface area contributed by atoms with Crippen molar-refractivity contribution in [3.05, 3.63) is 54.4 Å². The summed E-state index contributed by atoms with van der Waals surface area (Å²) < 4.78 is 32.9. The zero-order valence-corrected chi connectivity index (χ0v) is 16.8. The Bertz CT molecular complexity index is 876. The summed E-state index contributed by atoms with van der Waals surface area (Å²) in [6, 6.07) is 9.80. The van der Waals surface area contributed by atoms with Crippen LogP contribution in [-0.4, -0.2) is 26.0 Å². The summed E-state index contributed by atoms with van der Waals surface area (Å²) in [5.74, 6) is -0.0744. The van der Waals surface area contributed by atoms with Gasteiger partial charge in [0.15, 0.2) is 0 Å². The first-order chi connectivity index (χ1) is 13.5. The maximum Gasteiger partial charge on any atom is 0.313 e. The van der Waals surface area contributed by atoms with Crippen LogP contribution >= 0.6 is 0 Å². The van der Waals surface area contributed by atoms with E-state index < -0.39 is 10.0 Å². The van der Waals surface area contributed by atoms with Gasteiger partial charge in [0.1, 0.15) is 0 Å². The molecule has 2 aromatic rings. The van der Waals surface area contributed by atoms with Gasteiger partial charge in [-0.05, 0) is 49.1 Å². The van der Waals surface area contributed by atoms with Gasteiger partial charge in [0.25, 0.3) is 10.0 Å². The van der Waals surface area contributed by atoms with E-state index in [2.05, 4.69) is 9.71 Å². The predicted octanol–water partition coefficient (Wildman–Crippen LogP) is 4.11. The predicted molar refractivity (Wildman–Crippen MR) is 107 cm³/mol. The molecule has 1 N–H and O–H groups in total. The van der Waals surface area contributed by atoms with Crippen LogP contribution in [0.5, 0.6) is 0 Å². The van der Waals surface area contributed by atoms with Crippen LogP contribution in [0, 0.1) is 5.92 Å². The van der Waals surface area contributed by atoms with Crippen molar-refractivity contribution < 1.29 is 17.9 Å². The molecule has 0 bridgehead atoms. The molecule has 0 amide bonds. The lowest BCUT2D eigenvalue weighted by atomic mass is 9.88. The maximum atomic E-state index is 12.6. The minimum Gasteiger partial charge on any atom is -0.466 e. The third kappa shape index (κ3) is 5.10. The van der Waals surface area contributed by atoms with Crippen molar-refractivity contribution in [1.82, 2.24) is 4.98 Å². The molecule has 28 heavy (non-hydrogen) atoms. The minimum absolute atomic E-state index is 0.142. The van der Waals surface area contributed by atoms with E-state index in [1.54, 1.807) is 37.4 Å². The van der Waals surface area contributed by atoms with Crippen LogP contribution in [0.2, 0.25) is 0 Å². The number of sulfonamides is 1. The van der Waals surface area contributed by atoms with E-state index >= 15 is 0 Å². The van der Waals surface area contributed by atoms with Gasteiger partial charge >= 0.3 is 5.97 Å². The Morgan fingerprint density at radius 1 is 1.21 bits per heavy atom. The zero-order chi connectivity index (χ0) is 20.0. The summed E-state index contributed by atoms with van der Waals surface area (Å²) in [5, 5.41) is 0. The number of hydrogen-bond acceptors (Lipinski definition) is 5. The quantitative estimate of drug-likeness (QED) is 0.672. The molecule has 7 heteroatoms. The highest BCUT2D eigenvalue weighted by atomic mass is 32.2. The fourth-order valence-electron chi connectivity index (χ4n) is 3.71. The topological polar surface area (TPSA) is 85.4 Å². The van der Waals surface area contributed by atoms with Crippen LogP contribution < -0.4 is 4.72 Å². The van der Waals surface area contributed by atoms with E-state index in [1.165, 1.54) is 31.2 Å². The first-order valence-electron chi connectivity index (χ1n) is 9.69. The molecule has 0 radical (unpaired) electrons. The molecule has 1 heterocycles. The average Bonchev–Trinajstić information content (AvgIpc) is 3.20. The Morgan fingerprint density at radius 3 is 2.54 bits per heavy atom. The number of carbonyl (C=O) groups excluding carboxylic acids is 1. The van der Waals surface area contributed by atoms with Gasteiger partial charge in [0.05, 0.1) is 29.3 Å². The molecule has 1 aromatic carbocycles. The molecule has 1 atom stereocenters. The smallest absolute Gasteiger partial charge is 0.313 e. The molecule has 150 valence electrons. The van der Waals surface area contributed by atoms with Crippen LogP contribution in [0.3, 0.4) is 0 Å². The Hall–Kier alpha value is -2.41. The number of carbonyl (C=O) groups is 1. The van der Waals surface area contributed by atoms with Crippen LogP contribution in [0.1, 0.15) is 50.5 Å². The number of ether oxygens (including phenoxy) is 1. The van der Waals surface area contributed by atoms with Gasteiger partial charge < -0.3 is 4.74 Å². The molecule has 1 aliphatic rings. The summed E-state index contributed by atoms with van der Waals surface area (Å²) in [6.45, 7) is 2.13. The highest BCUT2D eigenvalue weighted by Gasteiger charge is 2.28. The standard InChI is InChI=1S/C21H26N2O4S/c1-2-27-21(24)20(14-16-6-3-4-7-16)17-9-11-19(12-10-17)28(25,26)23-18-8-5-13-22-15-18/h5,8-13,15-16,20,23H,2-4,6-7,14H2,1H3. The number of nitrogens with zero attached hydrogens (tertiary/aromatic N) is 1. The monoisotopic (exact) mass is 402 g/mol. The molecule has 6 nitrogen and oxygen atoms in total. The van der Waals surface area contributed by atoms with Gasteiger partial charge in [0.2, 0.25) is 0 Å². The lowest BCUT2D eigenvalue weighted by Gasteiger charge is -2.20. The lowest BCUT2D eigenvalue weighted by molar-refractivity contribution is -0.145. The van der Waals surface area contributed by atoms with Gasteiger partial charge in [-0.25, -0.2) is 8.42 Å². The van der Waals surface area contributed by atoms with Crippen LogP contribution in [0.15, 0.2) is 53.7 Å². The average molecular weight is 403 g/mol. The summed E-state index contributed by atoms with van der Waals surface area (Å²) in [5.41, 5.74) is 1.20. The van der Waals surface area contributed by atoms with Gasteiger partial charge in [-0.3, -0.25) is 14.5 Å². The number of nitrogens with one attached hydrogen (secondary N) is 1. The third-order valence-electron chi connectivity index (χ3n) is 5.12. The first kappa shape index (κ1) is 20.3. The Labute approximate surface area is 166 Å². The summed E-state index contributed by atoms with van der Waals surface area (Å²) in [4.78, 5) is 16.5. The van der Waals surface area contributed by atoms with Gasteiger partial charge in [-0.2, -0.15) is 0 Å². The zero-order valence-electron chi connectivity index (χ0n) is 16.0. The molecule has 1 aliphatic carbocycles. The molecule has 1 aromatic heterocycles. The number of rotatable bonds is 8. The van der Waals surface area contributed by atoms with Gasteiger partial charge in [0, 0.05) is 6.20 Å². The number of aromatic nitrogens is 1. The van der Waals surface area contributed by atoms with E-state index in [9.17, 15) is 13.2 Å². The van der Waals surface area contributed by atoms with Gasteiger partial charge in [-0.15, -0.1) is 0 Å². The highest BCUT2D eigenvalue weighted by Crippen LogP contribution is 2.35. The maximum absolute atomic E-state index is 12.6. The first-order valence-corrected chi connectivity index (χ1v) is 11.2. The summed E-state index contributed by atoms with van der Waals surface area (Å²) >= 11 is 0. The van der Waals surface area contributed by atoms with Crippen LogP contribution in [0.25, 0.3) is 0 Å². The Morgan fingerprint density at radius 2 is 1.93 bits per heavy atom. The fraction of sp³-hybridized carbons (Fsp3) is 0.429. The normalized spacial score (nSPS) is 15.9. The Balaban J connectivity index is 1.78. The SMILES string of the molecule is CCOC(=O)C(CC1CCCC1)c1ccc(S(=O)(=O)Nc2cccnc2)cc1. The molecule has 0 spiro atoms. The summed E-state index contributed by atoms with van der Waals surface area (Å²) in [7, 11) is -3.71. The molecule has 0 aliphatic heterocycles. The molecule has 1 unspecified atom stereocenters. The second kappa shape index (κ2) is 9.19. The molecule has 3 rings (SSSR count). The van der Waals surface area contributed by atoms with E-state index in [0.717, 1.165) is 24.8 Å². The van der Waals surface area contributed by atoms with E-state index in [-0.39, 0.29) is 16.8 Å². The van der Waals surface area contributed by atoms with E-state index in [4.69, 9.17) is 4.74 Å². The van der Waals surface area contributed by atoms with Crippen molar-refractivity contribution in [2.75, 3.05) is 11.3 Å². The molecule has 0 saturated heterocycles. The largest absolute Gasteiger partial charge is 0.466 e. The minimum atomic E-state index is -3.71. The van der Waals surface area contributed by atoms with Crippen molar-refractivity contribution in [3.8, 4) is 0 Å². The number of anilines is 1. The molecule has 1 saturated carbocycles. The van der Waals surface area contributed by atoms with Crippen molar-refractivity contribution in [3.63, 3.8) is 0 Å². The Kier molecular flexibility index (Phi) is 6.67. The van der Waals surface area contributed by atoms with Crippen LogP contribution in [-0.2, 0) is 19.6 Å². The second-order valence-electron chi connectivity index (χ2n) is 7.11. The van der Waals surface area contributed by atoms with Crippen molar-refractivity contribution in [1.29, 1.82) is 0 Å². The molecular weight excluding hydrogens is 376 g/mol. The van der Waals surface area contributed by atoms with Crippen molar-refractivity contribution >= 4 is 21.7 Å². The number of benzene rings is 1. The molecule has 1 fully saturated rings. The number of hydrogen-bond donors (Lipinski definition) is 1. The van der Waals surface area contributed by atoms with E-state index in [1.807, 2.05) is 0 Å². The third-order valence-corrected chi connectivity index (χ3v) is 6.52. The molecular formula is C21H26N2O4S. The summed E-state index contributed by atoms with van der Waals surface area (Å²) in [6.07, 6.45) is 8.46. The van der Waals surface area contributed by atoms with Gasteiger partial charge in [-0.1, -0.05) is 37.8 Å². The second-order valence-corrected chi connectivity index (χ2v) is 8.79. The van der Waals surface area contributed by atoms with Crippen molar-refractivity contribution in [2.24, 2.45) is 5.92 Å². The number of pyridine rings is 1. The lowest BCUT2D eigenvalue weighted by Crippen LogP contribution is -2.19. The fourth-order valence-corrected chi connectivity index (χ4v) is 4.75. The highest BCUT2D eigenvalue weighted by molar-refractivity contribution is 7.92. The van der Waals surface area contributed by atoms with Crippen LogP contribution in [0.4, 0.5) is 5.69 Å². The van der Waals surface area contributed by atoms with E-state index in [0.29, 0.717) is 18.2 Å². The number of esters is 1. The van der Waals surface area contributed by atoms with Crippen molar-refractivity contribution in [2.45, 2.75) is 49.8 Å².